The predicted molar refractivity (Wildman–Crippen MR) is 102 cm³/mol. The molecule has 1 aliphatic rings. The van der Waals surface area contributed by atoms with Crippen LogP contribution in [0.15, 0.2) is 48.5 Å². The van der Waals surface area contributed by atoms with Crippen LogP contribution in [0.25, 0.3) is 0 Å². The van der Waals surface area contributed by atoms with Crippen molar-refractivity contribution in [3.8, 4) is 5.75 Å². The van der Waals surface area contributed by atoms with Crippen molar-refractivity contribution in [3.63, 3.8) is 0 Å². The molecule has 5 heteroatoms. The number of methoxy groups -OCH3 is 1. The molecule has 0 unspecified atom stereocenters. The van der Waals surface area contributed by atoms with Crippen LogP contribution in [-0.4, -0.2) is 19.2 Å². The highest BCUT2D eigenvalue weighted by Crippen LogP contribution is 2.21. The van der Waals surface area contributed by atoms with Crippen LogP contribution in [0.2, 0.25) is 0 Å². The number of benzene rings is 2. The minimum atomic E-state index is -0.122. The van der Waals surface area contributed by atoms with Crippen LogP contribution in [0.1, 0.15) is 32.1 Å². The lowest BCUT2D eigenvalue weighted by atomic mass is 9.96. The lowest BCUT2D eigenvalue weighted by molar-refractivity contribution is 0.244. The van der Waals surface area contributed by atoms with Crippen LogP contribution in [0.5, 0.6) is 5.75 Å². The molecule has 0 atom stereocenters. The second-order valence-corrected chi connectivity index (χ2v) is 6.36. The second-order valence-electron chi connectivity index (χ2n) is 6.36. The SMILES string of the molecule is COc1ccc(Nc2ccc(NC(=O)NC3CCCCC3)cc2)cc1. The molecule has 0 heterocycles. The van der Waals surface area contributed by atoms with Gasteiger partial charge in [0, 0.05) is 23.1 Å². The van der Waals surface area contributed by atoms with Gasteiger partial charge in [0.05, 0.1) is 7.11 Å². The molecule has 0 bridgehead atoms. The summed E-state index contributed by atoms with van der Waals surface area (Å²) in [5.74, 6) is 0.828. The quantitative estimate of drug-likeness (QED) is 0.726. The molecule has 25 heavy (non-hydrogen) atoms. The third-order valence-corrected chi connectivity index (χ3v) is 4.46. The van der Waals surface area contributed by atoms with E-state index in [4.69, 9.17) is 4.74 Å². The van der Waals surface area contributed by atoms with Gasteiger partial charge in [0.2, 0.25) is 0 Å². The Morgan fingerprint density at radius 1 is 0.880 bits per heavy atom. The lowest BCUT2D eigenvalue weighted by Crippen LogP contribution is -2.38. The van der Waals surface area contributed by atoms with Gasteiger partial charge in [-0.15, -0.1) is 0 Å². The highest BCUT2D eigenvalue weighted by Gasteiger charge is 2.15. The normalized spacial score (nSPS) is 14.6. The standard InChI is InChI=1S/C20H25N3O2/c1-25-19-13-11-17(12-14-19)21-16-7-9-18(10-8-16)23-20(24)22-15-5-3-2-4-6-15/h7-15,21H,2-6H2,1H3,(H2,22,23,24). The Kier molecular flexibility index (Phi) is 5.77. The van der Waals surface area contributed by atoms with Gasteiger partial charge in [-0.3, -0.25) is 0 Å². The average molecular weight is 339 g/mol. The molecule has 1 fully saturated rings. The van der Waals surface area contributed by atoms with E-state index in [1.807, 2.05) is 48.5 Å². The van der Waals surface area contributed by atoms with Crippen molar-refractivity contribution in [1.82, 2.24) is 5.32 Å². The Hall–Kier alpha value is -2.69. The summed E-state index contributed by atoms with van der Waals surface area (Å²) in [6.45, 7) is 0. The monoisotopic (exact) mass is 339 g/mol. The summed E-state index contributed by atoms with van der Waals surface area (Å²) in [5, 5.41) is 9.27. The molecular weight excluding hydrogens is 314 g/mol. The zero-order valence-electron chi connectivity index (χ0n) is 14.5. The highest BCUT2D eigenvalue weighted by atomic mass is 16.5. The first-order valence-corrected chi connectivity index (χ1v) is 8.81. The van der Waals surface area contributed by atoms with E-state index in [0.29, 0.717) is 6.04 Å². The highest BCUT2D eigenvalue weighted by molar-refractivity contribution is 5.89. The first kappa shape index (κ1) is 17.1. The molecule has 3 N–H and O–H groups in total. The van der Waals surface area contributed by atoms with Crippen LogP contribution in [0.3, 0.4) is 0 Å². The van der Waals surface area contributed by atoms with Crippen molar-refractivity contribution in [1.29, 1.82) is 0 Å². The molecule has 5 nitrogen and oxygen atoms in total. The van der Waals surface area contributed by atoms with Crippen LogP contribution in [-0.2, 0) is 0 Å². The molecule has 0 aromatic heterocycles. The van der Waals surface area contributed by atoms with Crippen molar-refractivity contribution in [2.75, 3.05) is 17.7 Å². The van der Waals surface area contributed by atoms with Gasteiger partial charge in [0.25, 0.3) is 0 Å². The van der Waals surface area contributed by atoms with E-state index >= 15 is 0 Å². The maximum atomic E-state index is 12.1. The summed E-state index contributed by atoms with van der Waals surface area (Å²) in [6, 6.07) is 15.6. The lowest BCUT2D eigenvalue weighted by Gasteiger charge is -2.22. The average Bonchev–Trinajstić information content (AvgIpc) is 2.65. The fourth-order valence-corrected chi connectivity index (χ4v) is 3.08. The van der Waals surface area contributed by atoms with E-state index in [-0.39, 0.29) is 6.03 Å². The molecule has 2 amide bonds. The van der Waals surface area contributed by atoms with Crippen molar-refractivity contribution in [2.45, 2.75) is 38.1 Å². The van der Waals surface area contributed by atoms with Crippen molar-refractivity contribution in [2.24, 2.45) is 0 Å². The Balaban J connectivity index is 1.51. The Morgan fingerprint density at radius 3 is 2.04 bits per heavy atom. The summed E-state index contributed by atoms with van der Waals surface area (Å²) >= 11 is 0. The number of anilines is 3. The van der Waals surface area contributed by atoms with Crippen molar-refractivity contribution >= 4 is 23.1 Å². The molecule has 1 aliphatic carbocycles. The van der Waals surface area contributed by atoms with Crippen LogP contribution in [0, 0.1) is 0 Å². The van der Waals surface area contributed by atoms with Crippen LogP contribution in [0.4, 0.5) is 21.9 Å². The van der Waals surface area contributed by atoms with E-state index in [2.05, 4.69) is 16.0 Å². The van der Waals surface area contributed by atoms with E-state index in [1.165, 1.54) is 19.3 Å². The largest absolute Gasteiger partial charge is 0.497 e. The number of ether oxygens (including phenoxy) is 1. The fraction of sp³-hybridized carbons (Fsp3) is 0.350. The number of carbonyl (C=O) groups is 1. The van der Waals surface area contributed by atoms with Gasteiger partial charge in [-0.05, 0) is 61.4 Å². The van der Waals surface area contributed by atoms with Crippen LogP contribution >= 0.6 is 0 Å². The number of urea groups is 1. The predicted octanol–water partition coefficient (Wildman–Crippen LogP) is 4.89. The summed E-state index contributed by atoms with van der Waals surface area (Å²) in [7, 11) is 1.65. The van der Waals surface area contributed by atoms with Crippen LogP contribution < -0.4 is 20.7 Å². The first-order valence-electron chi connectivity index (χ1n) is 8.81. The van der Waals surface area contributed by atoms with Gasteiger partial charge >= 0.3 is 6.03 Å². The number of hydrogen-bond donors (Lipinski definition) is 3. The Bertz CT molecular complexity index is 677. The van der Waals surface area contributed by atoms with Gasteiger partial charge in [-0.25, -0.2) is 4.79 Å². The summed E-state index contributed by atoms with van der Waals surface area (Å²) in [6.07, 6.45) is 5.85. The minimum Gasteiger partial charge on any atom is -0.497 e. The third kappa shape index (κ3) is 5.14. The van der Waals surface area contributed by atoms with Gasteiger partial charge in [-0.2, -0.15) is 0 Å². The molecule has 0 radical (unpaired) electrons. The maximum absolute atomic E-state index is 12.1. The van der Waals surface area contributed by atoms with Crippen molar-refractivity contribution < 1.29 is 9.53 Å². The first-order chi connectivity index (χ1) is 12.2. The van der Waals surface area contributed by atoms with E-state index < -0.39 is 0 Å². The topological polar surface area (TPSA) is 62.4 Å². The van der Waals surface area contributed by atoms with E-state index in [9.17, 15) is 4.79 Å². The van der Waals surface area contributed by atoms with E-state index in [0.717, 1.165) is 35.7 Å². The van der Waals surface area contributed by atoms with E-state index in [1.54, 1.807) is 7.11 Å². The number of amides is 2. The number of carbonyl (C=O) groups excluding carboxylic acids is 1. The molecule has 132 valence electrons. The van der Waals surface area contributed by atoms with Gasteiger partial charge in [0.1, 0.15) is 5.75 Å². The number of rotatable bonds is 5. The smallest absolute Gasteiger partial charge is 0.319 e. The Labute approximate surface area is 148 Å². The fourth-order valence-electron chi connectivity index (χ4n) is 3.08. The molecule has 1 saturated carbocycles. The molecule has 0 saturated heterocycles. The molecule has 2 aromatic carbocycles. The zero-order valence-corrected chi connectivity index (χ0v) is 14.5. The molecule has 0 spiro atoms. The number of nitrogens with one attached hydrogen (secondary N) is 3. The summed E-state index contributed by atoms with van der Waals surface area (Å²) in [5.41, 5.74) is 2.73. The van der Waals surface area contributed by atoms with Gasteiger partial charge < -0.3 is 20.7 Å². The van der Waals surface area contributed by atoms with Gasteiger partial charge in [-0.1, -0.05) is 19.3 Å². The number of hydrogen-bond acceptors (Lipinski definition) is 3. The van der Waals surface area contributed by atoms with Gasteiger partial charge in [0.15, 0.2) is 0 Å². The minimum absolute atomic E-state index is 0.122. The maximum Gasteiger partial charge on any atom is 0.319 e. The van der Waals surface area contributed by atoms with Crippen molar-refractivity contribution in [3.05, 3.63) is 48.5 Å². The Morgan fingerprint density at radius 2 is 1.44 bits per heavy atom. The third-order valence-electron chi connectivity index (χ3n) is 4.46. The molecule has 3 rings (SSSR count). The molecule has 0 aliphatic heterocycles. The second kappa shape index (κ2) is 8.42. The summed E-state index contributed by atoms with van der Waals surface area (Å²) < 4.78 is 5.15. The summed E-state index contributed by atoms with van der Waals surface area (Å²) in [4.78, 5) is 12.1. The molecular formula is C20H25N3O2. The molecule has 2 aromatic rings. The zero-order chi connectivity index (χ0) is 17.5.